The minimum absolute atomic E-state index is 0. The highest BCUT2D eigenvalue weighted by molar-refractivity contribution is 6.31. The Bertz CT molecular complexity index is 767. The van der Waals surface area contributed by atoms with Gasteiger partial charge in [-0.05, 0) is 17.1 Å². The summed E-state index contributed by atoms with van der Waals surface area (Å²) in [5, 5.41) is 0.395. The average molecular weight is 357 g/mol. The van der Waals surface area contributed by atoms with Crippen molar-refractivity contribution in [2.45, 2.75) is 0 Å². The van der Waals surface area contributed by atoms with Crippen molar-refractivity contribution in [3.63, 3.8) is 0 Å². The zero-order chi connectivity index (χ0) is 14.1. The maximum absolute atomic E-state index is 6.24. The lowest BCUT2D eigenvalue weighted by atomic mass is 10.3. The predicted octanol–water partition coefficient (Wildman–Crippen LogP) is -2.02. The monoisotopic (exact) mass is 356 g/mol. The van der Waals surface area contributed by atoms with Crippen molar-refractivity contribution in [1.82, 2.24) is 9.97 Å². The Morgan fingerprint density at radius 2 is 1.43 bits per heavy atom. The number of aromatic nitrogens is 3. The molecule has 0 aliphatic rings. The molecule has 0 spiro atoms. The van der Waals surface area contributed by atoms with Gasteiger partial charge < -0.3 is 28.3 Å². The highest BCUT2D eigenvalue weighted by atomic mass is 35.5. The summed E-state index contributed by atoms with van der Waals surface area (Å²) in [6.07, 6.45) is 3.86. The number of pyridine rings is 1. The van der Waals surface area contributed by atoms with Crippen molar-refractivity contribution >= 4 is 28.3 Å². The van der Waals surface area contributed by atoms with E-state index in [1.165, 1.54) is 0 Å². The number of hydrogen-bond donors (Lipinski definition) is 0. The maximum Gasteiger partial charge on any atom is 0.366 e. The smallest absolute Gasteiger partial charge is 0.366 e. The molecule has 0 aliphatic heterocycles. The van der Waals surface area contributed by atoms with E-state index in [0.29, 0.717) is 11.0 Å². The minimum atomic E-state index is 0. The van der Waals surface area contributed by atoms with Gasteiger partial charge in [0.2, 0.25) is 10.7 Å². The van der Waals surface area contributed by atoms with Crippen LogP contribution in [0, 0.1) is 0 Å². The standard InChI is InChI=1S/C15H14ClN4.ClH.2H2O/c1-19(2)11-7-9-20(10-8-11)15-14(16)17-12-5-3-4-6-13(12)18-15;;;/h3-10H,1-2H3;1H;2*1H2/q+1;;;/p-1. The fraction of sp³-hybridized carbons (Fsp3) is 0.133. The number of hydrogen-bond acceptors (Lipinski definition) is 3. The molecule has 0 saturated heterocycles. The lowest BCUT2D eigenvalue weighted by molar-refractivity contribution is -0.599. The summed E-state index contributed by atoms with van der Waals surface area (Å²) in [5.74, 6) is 0.635. The quantitative estimate of drug-likeness (QED) is 0.496. The molecule has 3 aromatic rings. The third-order valence-corrected chi connectivity index (χ3v) is 3.34. The molecule has 124 valence electrons. The molecule has 0 amide bonds. The van der Waals surface area contributed by atoms with Crippen molar-refractivity contribution in [2.24, 2.45) is 0 Å². The molecule has 2 heterocycles. The van der Waals surface area contributed by atoms with E-state index in [4.69, 9.17) is 11.6 Å². The summed E-state index contributed by atoms with van der Waals surface area (Å²) in [6.45, 7) is 0. The Hall–Kier alpha value is -1.99. The zero-order valence-corrected chi connectivity index (χ0v) is 14.2. The van der Waals surface area contributed by atoms with E-state index >= 15 is 0 Å². The Kier molecular flexibility index (Phi) is 7.85. The van der Waals surface area contributed by atoms with E-state index in [-0.39, 0.29) is 23.4 Å². The Morgan fingerprint density at radius 3 is 1.96 bits per heavy atom. The molecule has 0 saturated carbocycles. The summed E-state index contributed by atoms with van der Waals surface area (Å²) in [4.78, 5) is 11.0. The van der Waals surface area contributed by atoms with E-state index in [1.807, 2.05) is 72.4 Å². The van der Waals surface area contributed by atoms with E-state index in [1.54, 1.807) is 0 Å². The molecule has 6 nitrogen and oxygen atoms in total. The van der Waals surface area contributed by atoms with Gasteiger partial charge in [-0.1, -0.05) is 23.7 Å². The first-order chi connectivity index (χ1) is 9.65. The normalized spacial score (nSPS) is 9.35. The third kappa shape index (κ3) is 4.27. The van der Waals surface area contributed by atoms with Crippen molar-refractivity contribution in [3.8, 4) is 5.82 Å². The Labute approximate surface area is 145 Å². The maximum atomic E-state index is 6.24. The molecule has 0 aliphatic carbocycles. The fourth-order valence-electron chi connectivity index (χ4n) is 1.99. The van der Waals surface area contributed by atoms with Crippen molar-refractivity contribution < 1.29 is 27.9 Å². The van der Waals surface area contributed by atoms with Crippen LogP contribution in [0.1, 0.15) is 0 Å². The van der Waals surface area contributed by atoms with Crippen LogP contribution in [0.5, 0.6) is 0 Å². The fourth-order valence-corrected chi connectivity index (χ4v) is 2.22. The molecular formula is C15H18Cl2N4O2. The molecule has 0 atom stereocenters. The van der Waals surface area contributed by atoms with Crippen LogP contribution < -0.4 is 21.9 Å². The van der Waals surface area contributed by atoms with E-state index < -0.39 is 0 Å². The zero-order valence-electron chi connectivity index (χ0n) is 12.7. The predicted molar refractivity (Wildman–Crippen MR) is 87.6 cm³/mol. The number of anilines is 1. The van der Waals surface area contributed by atoms with Crippen LogP contribution in [-0.2, 0) is 0 Å². The van der Waals surface area contributed by atoms with Crippen molar-refractivity contribution in [1.29, 1.82) is 0 Å². The summed E-state index contributed by atoms with van der Waals surface area (Å²) in [7, 11) is 4.00. The highest BCUT2D eigenvalue weighted by Crippen LogP contribution is 2.17. The van der Waals surface area contributed by atoms with Gasteiger partial charge in [0.25, 0.3) is 0 Å². The van der Waals surface area contributed by atoms with Gasteiger partial charge in [-0.2, -0.15) is 0 Å². The first-order valence-electron chi connectivity index (χ1n) is 6.26. The Balaban J connectivity index is 0.00000161. The molecule has 0 fully saturated rings. The summed E-state index contributed by atoms with van der Waals surface area (Å²) < 4.78 is 1.87. The molecule has 8 heteroatoms. The van der Waals surface area contributed by atoms with Crippen LogP contribution in [0.3, 0.4) is 0 Å². The van der Waals surface area contributed by atoms with E-state index in [0.717, 1.165) is 16.7 Å². The molecule has 2 aromatic heterocycles. The molecule has 0 radical (unpaired) electrons. The lowest BCUT2D eigenvalue weighted by Crippen LogP contribution is -3.00. The van der Waals surface area contributed by atoms with Gasteiger partial charge in [0.05, 0.1) is 12.4 Å². The number of nitrogens with zero attached hydrogens (tertiary/aromatic N) is 4. The van der Waals surface area contributed by atoms with Crippen molar-refractivity contribution in [2.75, 3.05) is 19.0 Å². The van der Waals surface area contributed by atoms with Crippen LogP contribution in [0.25, 0.3) is 16.9 Å². The third-order valence-electron chi connectivity index (χ3n) is 3.08. The second kappa shape index (κ2) is 8.59. The topological polar surface area (TPSA) is 95.9 Å². The van der Waals surface area contributed by atoms with Crippen LogP contribution in [0.2, 0.25) is 5.15 Å². The summed E-state index contributed by atoms with van der Waals surface area (Å²) in [5.41, 5.74) is 2.74. The van der Waals surface area contributed by atoms with Gasteiger partial charge in [0.15, 0.2) is 0 Å². The van der Waals surface area contributed by atoms with Gasteiger partial charge in [-0.3, -0.25) is 0 Å². The minimum Gasteiger partial charge on any atom is -1.00 e. The molecule has 3 rings (SSSR count). The number of fused-ring (bicyclic) bond motifs is 1. The molecule has 23 heavy (non-hydrogen) atoms. The SMILES string of the molecule is CN(C)c1cc[n+](-c2nc3ccccc3nc2Cl)cc1.O.O.[Cl-]. The number of halogens is 2. The van der Waals surface area contributed by atoms with E-state index in [2.05, 4.69) is 9.97 Å². The summed E-state index contributed by atoms with van der Waals surface area (Å²) in [6, 6.07) is 11.7. The number of benzene rings is 1. The summed E-state index contributed by atoms with van der Waals surface area (Å²) >= 11 is 6.24. The van der Waals surface area contributed by atoms with Gasteiger partial charge in [-0.25, -0.2) is 9.55 Å². The molecule has 4 N–H and O–H groups in total. The van der Waals surface area contributed by atoms with Gasteiger partial charge in [0, 0.05) is 31.9 Å². The van der Waals surface area contributed by atoms with Crippen LogP contribution in [-0.4, -0.2) is 35.0 Å². The molecular weight excluding hydrogens is 339 g/mol. The van der Waals surface area contributed by atoms with E-state index in [9.17, 15) is 0 Å². The van der Waals surface area contributed by atoms with Gasteiger partial charge >= 0.3 is 5.82 Å². The van der Waals surface area contributed by atoms with Crippen molar-refractivity contribution in [3.05, 3.63) is 53.9 Å². The molecule has 0 bridgehead atoms. The van der Waals surface area contributed by atoms with Gasteiger partial charge in [-0.15, -0.1) is 0 Å². The molecule has 1 aromatic carbocycles. The number of para-hydroxylation sites is 2. The first kappa shape index (κ1) is 21.0. The van der Waals surface area contributed by atoms with Crippen LogP contribution in [0.4, 0.5) is 5.69 Å². The second-order valence-electron chi connectivity index (χ2n) is 4.68. The first-order valence-corrected chi connectivity index (χ1v) is 6.64. The van der Waals surface area contributed by atoms with Crippen LogP contribution in [0.15, 0.2) is 48.8 Å². The second-order valence-corrected chi connectivity index (χ2v) is 5.04. The Morgan fingerprint density at radius 1 is 0.913 bits per heavy atom. The van der Waals surface area contributed by atoms with Gasteiger partial charge in [0.1, 0.15) is 5.52 Å². The number of rotatable bonds is 2. The molecule has 0 unspecified atom stereocenters. The van der Waals surface area contributed by atoms with Crippen LogP contribution >= 0.6 is 11.6 Å². The average Bonchev–Trinajstić information content (AvgIpc) is 2.46. The lowest BCUT2D eigenvalue weighted by Gasteiger charge is -2.11. The largest absolute Gasteiger partial charge is 1.00 e. The highest BCUT2D eigenvalue weighted by Gasteiger charge is 2.17.